The van der Waals surface area contributed by atoms with Gasteiger partial charge < -0.3 is 20.0 Å². The van der Waals surface area contributed by atoms with Crippen LogP contribution in [-0.4, -0.2) is 70.1 Å². The highest BCUT2D eigenvalue weighted by Crippen LogP contribution is 2.67. The SMILES string of the molecule is C[C@@]12CCC(=O)C=C1CC[C@H]1C2CC[C@]2(C)C1CC[C@@]2(O)C(=O)COC(=O)CCC(=O)NCCCCCC(=O)ON1C(=O)CCC1=O. The lowest BCUT2D eigenvalue weighted by Crippen LogP contribution is -2.58. The predicted molar refractivity (Wildman–Crippen MR) is 166 cm³/mol. The molecular formula is C35H48N2O10. The molecule has 0 bridgehead atoms. The fourth-order valence-corrected chi connectivity index (χ4v) is 9.28. The first-order chi connectivity index (χ1) is 22.3. The van der Waals surface area contributed by atoms with E-state index in [-0.39, 0.29) is 55.1 Å². The number of ether oxygens (including phenoxy) is 1. The minimum absolute atomic E-state index is 0.000600. The average molecular weight is 657 g/mol. The van der Waals surface area contributed by atoms with Crippen LogP contribution in [0.4, 0.5) is 0 Å². The van der Waals surface area contributed by atoms with E-state index in [0.717, 1.165) is 32.1 Å². The van der Waals surface area contributed by atoms with Gasteiger partial charge in [0.25, 0.3) is 11.8 Å². The molecular weight excluding hydrogens is 608 g/mol. The van der Waals surface area contributed by atoms with E-state index in [1.807, 2.05) is 13.0 Å². The number of Topliss-reactive ketones (excluding diaryl/α,β-unsaturated/α-hetero) is 1. The Labute approximate surface area is 275 Å². The van der Waals surface area contributed by atoms with Crippen LogP contribution in [0.3, 0.4) is 0 Å². The topological polar surface area (TPSA) is 173 Å². The number of esters is 1. The van der Waals surface area contributed by atoms with Crippen LogP contribution in [0, 0.1) is 28.6 Å². The van der Waals surface area contributed by atoms with Crippen LogP contribution >= 0.6 is 0 Å². The van der Waals surface area contributed by atoms with Gasteiger partial charge in [-0.2, -0.15) is 0 Å². The monoisotopic (exact) mass is 656 g/mol. The molecule has 2 N–H and O–H groups in total. The van der Waals surface area contributed by atoms with Gasteiger partial charge in [0, 0.05) is 44.1 Å². The molecule has 258 valence electrons. The van der Waals surface area contributed by atoms with Gasteiger partial charge in [0.2, 0.25) is 11.7 Å². The zero-order valence-electron chi connectivity index (χ0n) is 27.6. The summed E-state index contributed by atoms with van der Waals surface area (Å²) in [5.74, 6) is -2.00. The van der Waals surface area contributed by atoms with Gasteiger partial charge in [-0.05, 0) is 87.0 Å². The molecule has 47 heavy (non-hydrogen) atoms. The Hall–Kier alpha value is -3.41. The van der Waals surface area contributed by atoms with Gasteiger partial charge in [-0.1, -0.05) is 25.8 Å². The number of nitrogens with zero attached hydrogens (tertiary/aromatic N) is 1. The number of amides is 3. The van der Waals surface area contributed by atoms with Crippen LogP contribution in [0.2, 0.25) is 0 Å². The standard InChI is InChI=1S/C35H48N2O10/c1-33-16-13-23(38)20-22(33)7-8-24-25(33)14-17-34(2)26(24)15-18-35(34,45)27(39)21-46-31(43)12-9-28(40)36-19-5-3-4-6-32(44)47-37-29(41)10-11-30(37)42/h20,24-26,45H,3-19,21H2,1-2H3,(H,36,40)/t24-,25?,26?,33+,34+,35+/m0/s1. The Balaban J connectivity index is 0.990. The van der Waals surface area contributed by atoms with E-state index in [1.165, 1.54) is 5.57 Å². The summed E-state index contributed by atoms with van der Waals surface area (Å²) in [6.07, 6.45) is 9.29. The fourth-order valence-electron chi connectivity index (χ4n) is 9.28. The molecule has 2 unspecified atom stereocenters. The molecule has 5 rings (SSSR count). The van der Waals surface area contributed by atoms with E-state index in [4.69, 9.17) is 9.57 Å². The number of rotatable bonds is 13. The molecule has 0 spiro atoms. The van der Waals surface area contributed by atoms with E-state index in [9.17, 15) is 38.7 Å². The van der Waals surface area contributed by atoms with Crippen LogP contribution in [0.1, 0.15) is 117 Å². The Bertz CT molecular complexity index is 1340. The number of allylic oxidation sites excluding steroid dienone is 1. The van der Waals surface area contributed by atoms with Crippen molar-refractivity contribution in [2.75, 3.05) is 13.2 Å². The zero-order chi connectivity index (χ0) is 34.0. The number of unbranched alkanes of at least 4 members (excludes halogenated alkanes) is 2. The summed E-state index contributed by atoms with van der Waals surface area (Å²) < 4.78 is 5.24. The van der Waals surface area contributed by atoms with Gasteiger partial charge in [0.05, 0.1) is 6.42 Å². The molecule has 1 heterocycles. The van der Waals surface area contributed by atoms with E-state index < -0.39 is 47.2 Å². The second kappa shape index (κ2) is 14.0. The number of nitrogens with one attached hydrogen (secondary N) is 1. The molecule has 12 nitrogen and oxygen atoms in total. The van der Waals surface area contributed by atoms with Gasteiger partial charge in [-0.25, -0.2) is 4.79 Å². The Morgan fingerprint density at radius 1 is 0.851 bits per heavy atom. The number of fused-ring (bicyclic) bond motifs is 5. The number of aliphatic hydroxyl groups is 1. The first-order valence-electron chi connectivity index (χ1n) is 17.3. The van der Waals surface area contributed by atoms with Crippen molar-refractivity contribution in [3.63, 3.8) is 0 Å². The van der Waals surface area contributed by atoms with Crippen LogP contribution in [-0.2, 0) is 43.1 Å². The fraction of sp³-hybridized carbons (Fsp3) is 0.743. The maximum Gasteiger partial charge on any atom is 0.333 e. The van der Waals surface area contributed by atoms with Gasteiger partial charge in [-0.3, -0.25) is 28.8 Å². The second-order valence-corrected chi connectivity index (χ2v) is 14.6. The lowest BCUT2D eigenvalue weighted by Gasteiger charge is -2.58. The minimum atomic E-state index is -1.57. The molecule has 0 aromatic carbocycles. The van der Waals surface area contributed by atoms with Gasteiger partial charge in [0.15, 0.2) is 12.4 Å². The number of hydrogen-bond donors (Lipinski definition) is 2. The first-order valence-corrected chi connectivity index (χ1v) is 17.3. The number of carbonyl (C=O) groups is 7. The molecule has 0 radical (unpaired) electrons. The summed E-state index contributed by atoms with van der Waals surface area (Å²) in [6.45, 7) is 4.13. The maximum atomic E-state index is 13.4. The number of imide groups is 1. The number of carbonyl (C=O) groups excluding carboxylic acids is 7. The Morgan fingerprint density at radius 2 is 1.57 bits per heavy atom. The normalized spacial score (nSPS) is 33.0. The summed E-state index contributed by atoms with van der Waals surface area (Å²) in [4.78, 5) is 89.8. The van der Waals surface area contributed by atoms with Gasteiger partial charge >= 0.3 is 11.9 Å². The van der Waals surface area contributed by atoms with E-state index in [2.05, 4.69) is 12.2 Å². The van der Waals surface area contributed by atoms with Crippen LogP contribution in [0.15, 0.2) is 11.6 Å². The van der Waals surface area contributed by atoms with E-state index >= 15 is 0 Å². The van der Waals surface area contributed by atoms with Crippen molar-refractivity contribution in [3.05, 3.63) is 11.6 Å². The second-order valence-electron chi connectivity index (χ2n) is 14.6. The van der Waals surface area contributed by atoms with E-state index in [1.54, 1.807) is 0 Å². The third-order valence-electron chi connectivity index (χ3n) is 12.1. The van der Waals surface area contributed by atoms with Gasteiger partial charge in [0.1, 0.15) is 5.60 Å². The number of hydroxylamine groups is 2. The lowest BCUT2D eigenvalue weighted by molar-refractivity contribution is -0.197. The molecule has 4 aliphatic carbocycles. The van der Waals surface area contributed by atoms with Crippen LogP contribution < -0.4 is 5.32 Å². The summed E-state index contributed by atoms with van der Waals surface area (Å²) in [7, 11) is 0. The quantitative estimate of drug-likeness (QED) is 0.170. The van der Waals surface area contributed by atoms with Crippen molar-refractivity contribution in [1.29, 1.82) is 0 Å². The zero-order valence-corrected chi connectivity index (χ0v) is 27.6. The van der Waals surface area contributed by atoms with Crippen LogP contribution in [0.5, 0.6) is 0 Å². The number of hydrogen-bond acceptors (Lipinski definition) is 10. The average Bonchev–Trinajstić information content (AvgIpc) is 3.51. The van der Waals surface area contributed by atoms with Crippen molar-refractivity contribution < 1.29 is 48.2 Å². The Morgan fingerprint density at radius 3 is 2.32 bits per heavy atom. The summed E-state index contributed by atoms with van der Waals surface area (Å²) >= 11 is 0. The van der Waals surface area contributed by atoms with Crippen molar-refractivity contribution >= 4 is 41.2 Å². The van der Waals surface area contributed by atoms with Crippen molar-refractivity contribution in [2.24, 2.45) is 28.6 Å². The van der Waals surface area contributed by atoms with E-state index in [0.29, 0.717) is 62.0 Å². The highest BCUT2D eigenvalue weighted by molar-refractivity contribution is 6.01. The van der Waals surface area contributed by atoms with Gasteiger partial charge in [-0.15, -0.1) is 5.06 Å². The third kappa shape index (κ3) is 6.93. The third-order valence-corrected chi connectivity index (χ3v) is 12.1. The molecule has 5 aliphatic rings. The highest BCUT2D eigenvalue weighted by Gasteiger charge is 2.66. The summed E-state index contributed by atoms with van der Waals surface area (Å²) in [5.41, 5.74) is -0.900. The molecule has 3 saturated carbocycles. The molecule has 1 saturated heterocycles. The molecule has 1 aliphatic heterocycles. The molecule has 3 amide bonds. The maximum absolute atomic E-state index is 13.4. The molecule has 4 fully saturated rings. The molecule has 12 heteroatoms. The summed E-state index contributed by atoms with van der Waals surface area (Å²) in [6, 6.07) is 0. The lowest BCUT2D eigenvalue weighted by atomic mass is 9.46. The largest absolute Gasteiger partial charge is 0.458 e. The summed E-state index contributed by atoms with van der Waals surface area (Å²) in [5, 5.41) is 15.1. The predicted octanol–water partition coefficient (Wildman–Crippen LogP) is 3.43. The molecule has 0 aromatic rings. The van der Waals surface area contributed by atoms with Crippen molar-refractivity contribution in [1.82, 2.24) is 10.4 Å². The Kier molecular flexibility index (Phi) is 10.4. The first kappa shape index (κ1) is 34.9. The molecule has 0 aromatic heterocycles. The van der Waals surface area contributed by atoms with Crippen molar-refractivity contribution in [2.45, 2.75) is 122 Å². The van der Waals surface area contributed by atoms with Crippen LogP contribution in [0.25, 0.3) is 0 Å². The smallest absolute Gasteiger partial charge is 0.333 e. The molecule has 6 atom stereocenters. The number of ketones is 2. The minimum Gasteiger partial charge on any atom is -0.458 e. The highest BCUT2D eigenvalue weighted by atomic mass is 16.7. The van der Waals surface area contributed by atoms with Crippen molar-refractivity contribution in [3.8, 4) is 0 Å².